The van der Waals surface area contributed by atoms with Crippen LogP contribution in [-0.2, 0) is 4.79 Å². The van der Waals surface area contributed by atoms with Crippen LogP contribution >= 0.6 is 11.6 Å². The molecule has 0 heterocycles. The first kappa shape index (κ1) is 15.4. The van der Waals surface area contributed by atoms with E-state index in [4.69, 9.17) is 11.6 Å². The van der Waals surface area contributed by atoms with Crippen molar-refractivity contribution < 1.29 is 4.79 Å². The number of nitrogens with one attached hydrogen (secondary N) is 1. The molecular weight excluding hydrogens is 284 g/mol. The summed E-state index contributed by atoms with van der Waals surface area (Å²) >= 11 is 6.16. The summed E-state index contributed by atoms with van der Waals surface area (Å²) in [6.45, 7) is 1.29. The van der Waals surface area contributed by atoms with E-state index < -0.39 is 5.38 Å². The molecule has 0 aromatic heterocycles. The van der Waals surface area contributed by atoms with Crippen molar-refractivity contribution >= 4 is 23.2 Å². The number of carbonyl (C=O) groups is 1. The number of hydrogen-bond acceptors (Lipinski definition) is 2. The fourth-order valence-electron chi connectivity index (χ4n) is 2.02. The molecule has 0 saturated heterocycles. The maximum atomic E-state index is 12.0. The van der Waals surface area contributed by atoms with Gasteiger partial charge in [0.25, 0.3) is 0 Å². The lowest BCUT2D eigenvalue weighted by Gasteiger charge is -2.20. The maximum Gasteiger partial charge on any atom is 0.242 e. The van der Waals surface area contributed by atoms with Crippen molar-refractivity contribution in [3.63, 3.8) is 0 Å². The van der Waals surface area contributed by atoms with Crippen LogP contribution < -0.4 is 10.2 Å². The average Bonchev–Trinajstić information content (AvgIpc) is 2.55. The largest absolute Gasteiger partial charge is 0.373 e. The average molecular weight is 303 g/mol. The summed E-state index contributed by atoms with van der Waals surface area (Å²) in [5.74, 6) is -0.163. The van der Waals surface area contributed by atoms with Crippen LogP contribution in [0.3, 0.4) is 0 Å². The van der Waals surface area contributed by atoms with Gasteiger partial charge in [0.15, 0.2) is 0 Å². The molecule has 0 saturated carbocycles. The Bertz CT molecular complexity index is 560. The summed E-state index contributed by atoms with van der Waals surface area (Å²) in [4.78, 5) is 14.1. The molecule has 2 rings (SSSR count). The third-order valence-corrected chi connectivity index (χ3v) is 3.72. The zero-order valence-corrected chi connectivity index (χ0v) is 12.8. The van der Waals surface area contributed by atoms with E-state index in [1.54, 1.807) is 0 Å². The fourth-order valence-corrected chi connectivity index (χ4v) is 2.24. The zero-order valence-electron chi connectivity index (χ0n) is 12.0. The lowest BCUT2D eigenvalue weighted by molar-refractivity contribution is -0.120. The monoisotopic (exact) mass is 302 g/mol. The Morgan fingerprint density at radius 3 is 2.29 bits per heavy atom. The number of benzene rings is 2. The van der Waals surface area contributed by atoms with Crippen LogP contribution in [-0.4, -0.2) is 26.0 Å². The van der Waals surface area contributed by atoms with E-state index in [2.05, 4.69) is 10.2 Å². The van der Waals surface area contributed by atoms with E-state index in [1.165, 1.54) is 0 Å². The van der Waals surface area contributed by atoms with Crippen molar-refractivity contribution in [3.8, 4) is 0 Å². The first-order valence-corrected chi connectivity index (χ1v) is 7.35. The highest BCUT2D eigenvalue weighted by Crippen LogP contribution is 2.19. The molecule has 0 radical (unpaired) electrons. The van der Waals surface area contributed by atoms with Crippen molar-refractivity contribution in [1.29, 1.82) is 0 Å². The van der Waals surface area contributed by atoms with E-state index >= 15 is 0 Å². The first-order valence-electron chi connectivity index (χ1n) is 6.91. The minimum atomic E-state index is -0.645. The predicted octanol–water partition coefficient (Wildman–Crippen LogP) is 3.22. The number of amides is 1. The molecule has 0 aliphatic rings. The highest BCUT2D eigenvalue weighted by atomic mass is 35.5. The molecule has 3 nitrogen and oxygen atoms in total. The van der Waals surface area contributed by atoms with Gasteiger partial charge in [-0.05, 0) is 17.7 Å². The highest BCUT2D eigenvalue weighted by molar-refractivity contribution is 6.30. The van der Waals surface area contributed by atoms with E-state index in [9.17, 15) is 4.79 Å². The number of anilines is 1. The van der Waals surface area contributed by atoms with Crippen LogP contribution in [0.4, 0.5) is 5.69 Å². The van der Waals surface area contributed by atoms with E-state index in [0.29, 0.717) is 6.54 Å². The van der Waals surface area contributed by atoms with E-state index in [-0.39, 0.29) is 5.91 Å². The van der Waals surface area contributed by atoms with Gasteiger partial charge >= 0.3 is 0 Å². The molecule has 110 valence electrons. The van der Waals surface area contributed by atoms with Crippen molar-refractivity contribution in [2.45, 2.75) is 5.38 Å². The second-order valence-corrected chi connectivity index (χ2v) is 5.26. The van der Waals surface area contributed by atoms with Gasteiger partial charge in [-0.3, -0.25) is 4.79 Å². The van der Waals surface area contributed by atoms with Crippen LogP contribution in [0.2, 0.25) is 0 Å². The lowest BCUT2D eigenvalue weighted by atomic mass is 10.1. The highest BCUT2D eigenvalue weighted by Gasteiger charge is 2.16. The molecule has 0 bridgehead atoms. The minimum Gasteiger partial charge on any atom is -0.373 e. The Kier molecular flexibility index (Phi) is 5.64. The second kappa shape index (κ2) is 7.70. The Morgan fingerprint density at radius 1 is 1.10 bits per heavy atom. The molecule has 2 aromatic rings. The smallest absolute Gasteiger partial charge is 0.242 e. The number of alkyl halides is 1. The van der Waals surface area contributed by atoms with Crippen molar-refractivity contribution in [2.24, 2.45) is 0 Å². The van der Waals surface area contributed by atoms with Gasteiger partial charge in [-0.1, -0.05) is 48.5 Å². The number of hydrogen-bond donors (Lipinski definition) is 1. The third-order valence-electron chi connectivity index (χ3n) is 3.27. The normalized spacial score (nSPS) is 11.7. The van der Waals surface area contributed by atoms with Crippen molar-refractivity contribution in [2.75, 3.05) is 25.0 Å². The molecular formula is C17H19ClN2O. The lowest BCUT2D eigenvalue weighted by Crippen LogP contribution is -2.34. The summed E-state index contributed by atoms with van der Waals surface area (Å²) in [6.07, 6.45) is 0. The molecule has 1 N–H and O–H groups in total. The number of halogens is 1. The molecule has 0 fully saturated rings. The van der Waals surface area contributed by atoms with Crippen molar-refractivity contribution in [1.82, 2.24) is 5.32 Å². The molecule has 21 heavy (non-hydrogen) atoms. The Balaban J connectivity index is 1.79. The number of nitrogens with zero attached hydrogens (tertiary/aromatic N) is 1. The van der Waals surface area contributed by atoms with Crippen LogP contribution in [0.5, 0.6) is 0 Å². The molecule has 2 aromatic carbocycles. The molecule has 0 spiro atoms. The summed E-state index contributed by atoms with van der Waals surface area (Å²) in [7, 11) is 2.00. The molecule has 4 heteroatoms. The number of likely N-dealkylation sites (N-methyl/N-ethyl adjacent to an activating group) is 1. The topological polar surface area (TPSA) is 32.3 Å². The Hall–Kier alpha value is -2.00. The SMILES string of the molecule is CN(CCNC(=O)C(Cl)c1ccccc1)c1ccccc1. The molecule has 0 aliphatic heterocycles. The van der Waals surface area contributed by atoms with Gasteiger partial charge < -0.3 is 10.2 Å². The van der Waals surface area contributed by atoms with Crippen LogP contribution in [0, 0.1) is 0 Å². The maximum absolute atomic E-state index is 12.0. The Morgan fingerprint density at radius 2 is 1.67 bits per heavy atom. The molecule has 1 unspecified atom stereocenters. The van der Waals surface area contributed by atoms with Gasteiger partial charge in [-0.2, -0.15) is 0 Å². The van der Waals surface area contributed by atoms with Gasteiger partial charge in [-0.25, -0.2) is 0 Å². The summed E-state index contributed by atoms with van der Waals surface area (Å²) < 4.78 is 0. The first-order chi connectivity index (χ1) is 10.2. The fraction of sp³-hybridized carbons (Fsp3) is 0.235. The molecule has 1 amide bonds. The van der Waals surface area contributed by atoms with E-state index in [0.717, 1.165) is 17.8 Å². The number of rotatable bonds is 6. The van der Waals surface area contributed by atoms with Crippen molar-refractivity contribution in [3.05, 3.63) is 66.2 Å². The van der Waals surface area contributed by atoms with Crippen LogP contribution in [0.25, 0.3) is 0 Å². The predicted molar refractivity (Wildman–Crippen MR) is 87.8 cm³/mol. The van der Waals surface area contributed by atoms with Gasteiger partial charge in [0.05, 0.1) is 0 Å². The quantitative estimate of drug-likeness (QED) is 0.831. The minimum absolute atomic E-state index is 0.163. The van der Waals surface area contributed by atoms with Gasteiger partial charge in [0.1, 0.15) is 5.38 Å². The third kappa shape index (κ3) is 4.50. The molecule has 0 aliphatic carbocycles. The number of carbonyl (C=O) groups excluding carboxylic acids is 1. The zero-order chi connectivity index (χ0) is 15.1. The number of para-hydroxylation sites is 1. The standard InChI is InChI=1S/C17H19ClN2O/c1-20(15-10-6-3-7-11-15)13-12-19-17(21)16(18)14-8-4-2-5-9-14/h2-11,16H,12-13H2,1H3,(H,19,21). The van der Waals surface area contributed by atoms with Gasteiger partial charge in [0.2, 0.25) is 5.91 Å². The summed E-state index contributed by atoms with van der Waals surface area (Å²) in [5.41, 5.74) is 1.94. The summed E-state index contributed by atoms with van der Waals surface area (Å²) in [6, 6.07) is 19.4. The van der Waals surface area contributed by atoms with E-state index in [1.807, 2.05) is 67.7 Å². The van der Waals surface area contributed by atoms with Crippen LogP contribution in [0.1, 0.15) is 10.9 Å². The van der Waals surface area contributed by atoms with Gasteiger partial charge in [0, 0.05) is 25.8 Å². The van der Waals surface area contributed by atoms with Crippen LogP contribution in [0.15, 0.2) is 60.7 Å². The second-order valence-electron chi connectivity index (χ2n) is 4.82. The van der Waals surface area contributed by atoms with Gasteiger partial charge in [-0.15, -0.1) is 11.6 Å². The Labute approximate surface area is 130 Å². The molecule has 1 atom stereocenters. The summed E-state index contributed by atoms with van der Waals surface area (Å²) in [5, 5.41) is 2.22.